The van der Waals surface area contributed by atoms with Crippen LogP contribution in [0.1, 0.15) is 19.8 Å². The number of ether oxygens (including phenoxy) is 1. The van der Waals surface area contributed by atoms with Crippen molar-refractivity contribution in [3.63, 3.8) is 0 Å². The number of urea groups is 1. The average molecular weight is 355 g/mol. The molecule has 1 saturated heterocycles. The normalized spacial score (nSPS) is 15.4. The highest BCUT2D eigenvalue weighted by atomic mass is 16.5. The Labute approximate surface area is 153 Å². The number of piperidine rings is 1. The fourth-order valence-electron chi connectivity index (χ4n) is 2.95. The fraction of sp³-hybridized carbons (Fsp3) is 0.421. The molecule has 1 fully saturated rings. The smallest absolute Gasteiger partial charge is 0.322 e. The number of rotatable bonds is 6. The first-order valence-electron chi connectivity index (χ1n) is 9.05. The molecule has 7 nitrogen and oxygen atoms in total. The highest BCUT2D eigenvalue weighted by molar-refractivity contribution is 5.88. The van der Waals surface area contributed by atoms with Gasteiger partial charge in [0.15, 0.2) is 0 Å². The number of hydrogen-bond donors (Lipinski definition) is 2. The zero-order valence-corrected chi connectivity index (χ0v) is 15.0. The van der Waals surface area contributed by atoms with E-state index in [0.717, 1.165) is 32.5 Å². The van der Waals surface area contributed by atoms with Crippen LogP contribution >= 0.6 is 0 Å². The topological polar surface area (TPSA) is 79.4 Å². The molecule has 2 amide bonds. The van der Waals surface area contributed by atoms with Crippen LogP contribution in [0.5, 0.6) is 11.8 Å². The van der Waals surface area contributed by atoms with E-state index in [1.807, 2.05) is 30.3 Å². The summed E-state index contributed by atoms with van der Waals surface area (Å²) in [5.41, 5.74) is 0.531. The maximum absolute atomic E-state index is 12.0. The van der Waals surface area contributed by atoms with Gasteiger partial charge in [0.05, 0.1) is 18.1 Å². The van der Waals surface area contributed by atoms with Crippen LogP contribution < -0.4 is 15.4 Å². The lowest BCUT2D eigenvalue weighted by Crippen LogP contribution is -2.39. The summed E-state index contributed by atoms with van der Waals surface area (Å²) in [5.74, 6) is 1.21. The second-order valence-corrected chi connectivity index (χ2v) is 6.38. The van der Waals surface area contributed by atoms with Crippen molar-refractivity contribution in [3.8, 4) is 11.8 Å². The number of carbonyl (C=O) groups is 1. The van der Waals surface area contributed by atoms with Gasteiger partial charge in [0.2, 0.25) is 0 Å². The molecule has 0 atom stereocenters. The van der Waals surface area contributed by atoms with Gasteiger partial charge >= 0.3 is 12.0 Å². The predicted molar refractivity (Wildman–Crippen MR) is 100 cm³/mol. The standard InChI is InChI=1S/C19H25N5O2/c1-2-24-10-8-15(9-11-24)12-20-18(25)23-16-13-21-19(22-14-16)26-17-6-4-3-5-7-17/h3-7,13-15H,2,8-12H2,1H3,(H2,20,23,25). The van der Waals surface area contributed by atoms with Crippen molar-refractivity contribution in [2.75, 3.05) is 31.5 Å². The number of aromatic nitrogens is 2. The molecule has 0 spiro atoms. The van der Waals surface area contributed by atoms with Gasteiger partial charge in [0.25, 0.3) is 0 Å². The molecule has 26 heavy (non-hydrogen) atoms. The number of benzene rings is 1. The van der Waals surface area contributed by atoms with Gasteiger partial charge < -0.3 is 20.3 Å². The van der Waals surface area contributed by atoms with Crippen molar-refractivity contribution in [2.45, 2.75) is 19.8 Å². The maximum Gasteiger partial charge on any atom is 0.322 e. The van der Waals surface area contributed by atoms with Crippen molar-refractivity contribution in [3.05, 3.63) is 42.7 Å². The minimum absolute atomic E-state index is 0.233. The highest BCUT2D eigenvalue weighted by Crippen LogP contribution is 2.18. The number of carbonyl (C=O) groups excluding carboxylic acids is 1. The molecule has 2 heterocycles. The van der Waals surface area contributed by atoms with E-state index in [0.29, 0.717) is 23.9 Å². The first-order chi connectivity index (χ1) is 12.7. The Morgan fingerprint density at radius 1 is 1.19 bits per heavy atom. The molecule has 138 valence electrons. The summed E-state index contributed by atoms with van der Waals surface area (Å²) < 4.78 is 5.53. The SMILES string of the molecule is CCN1CCC(CNC(=O)Nc2cnc(Oc3ccccc3)nc2)CC1. The number of anilines is 1. The monoisotopic (exact) mass is 355 g/mol. The lowest BCUT2D eigenvalue weighted by Gasteiger charge is -2.31. The number of likely N-dealkylation sites (tertiary alicyclic amines) is 1. The van der Waals surface area contributed by atoms with Crippen LogP contribution in [0.25, 0.3) is 0 Å². The van der Waals surface area contributed by atoms with E-state index in [-0.39, 0.29) is 12.0 Å². The van der Waals surface area contributed by atoms with Crippen molar-refractivity contribution in [1.82, 2.24) is 20.2 Å². The van der Waals surface area contributed by atoms with Crippen LogP contribution in [0, 0.1) is 5.92 Å². The van der Waals surface area contributed by atoms with Gasteiger partial charge in [-0.2, -0.15) is 0 Å². The van der Waals surface area contributed by atoms with Gasteiger partial charge in [-0.25, -0.2) is 14.8 Å². The lowest BCUT2D eigenvalue weighted by molar-refractivity contribution is 0.190. The maximum atomic E-state index is 12.0. The van der Waals surface area contributed by atoms with E-state index in [4.69, 9.17) is 4.74 Å². The van der Waals surface area contributed by atoms with Crippen molar-refractivity contribution in [2.24, 2.45) is 5.92 Å². The Hall–Kier alpha value is -2.67. The molecule has 2 N–H and O–H groups in total. The zero-order chi connectivity index (χ0) is 18.2. The van der Waals surface area contributed by atoms with Gasteiger partial charge in [-0.05, 0) is 50.5 Å². The Kier molecular flexibility index (Phi) is 6.38. The molecule has 0 unspecified atom stereocenters. The fourth-order valence-corrected chi connectivity index (χ4v) is 2.95. The van der Waals surface area contributed by atoms with Crippen LogP contribution in [-0.4, -0.2) is 47.1 Å². The van der Waals surface area contributed by atoms with E-state index >= 15 is 0 Å². The second kappa shape index (κ2) is 9.15. The van der Waals surface area contributed by atoms with Crippen LogP contribution in [0.2, 0.25) is 0 Å². The first kappa shape index (κ1) is 18.1. The van der Waals surface area contributed by atoms with E-state index in [1.54, 1.807) is 0 Å². The Morgan fingerprint density at radius 3 is 2.54 bits per heavy atom. The van der Waals surface area contributed by atoms with Crippen LogP contribution in [-0.2, 0) is 0 Å². The van der Waals surface area contributed by atoms with E-state index in [9.17, 15) is 4.79 Å². The predicted octanol–water partition coefficient (Wildman–Crippen LogP) is 3.12. The van der Waals surface area contributed by atoms with E-state index in [2.05, 4.69) is 32.4 Å². The number of nitrogens with one attached hydrogen (secondary N) is 2. The molecule has 2 aromatic rings. The molecule has 0 radical (unpaired) electrons. The minimum atomic E-state index is -0.233. The summed E-state index contributed by atoms with van der Waals surface area (Å²) >= 11 is 0. The van der Waals surface area contributed by atoms with Crippen LogP contribution in [0.4, 0.5) is 10.5 Å². The van der Waals surface area contributed by atoms with Crippen molar-refractivity contribution < 1.29 is 9.53 Å². The number of para-hydroxylation sites is 1. The van der Waals surface area contributed by atoms with Crippen LogP contribution in [0.15, 0.2) is 42.7 Å². The summed E-state index contributed by atoms with van der Waals surface area (Å²) in [6.45, 7) is 6.21. The molecule has 3 rings (SSSR count). The molecule has 0 bridgehead atoms. The summed E-state index contributed by atoms with van der Waals surface area (Å²) in [6, 6.07) is 9.32. The number of nitrogens with zero attached hydrogens (tertiary/aromatic N) is 3. The minimum Gasteiger partial charge on any atom is -0.424 e. The summed E-state index contributed by atoms with van der Waals surface area (Å²) in [4.78, 5) is 22.7. The van der Waals surface area contributed by atoms with E-state index in [1.165, 1.54) is 12.4 Å². The molecule has 0 aliphatic carbocycles. The van der Waals surface area contributed by atoms with Gasteiger partial charge in [-0.1, -0.05) is 25.1 Å². The van der Waals surface area contributed by atoms with Gasteiger partial charge in [-0.15, -0.1) is 0 Å². The number of amides is 2. The third-order valence-corrected chi connectivity index (χ3v) is 4.54. The van der Waals surface area contributed by atoms with Gasteiger partial charge in [0, 0.05) is 6.54 Å². The molecule has 1 aliphatic rings. The first-order valence-corrected chi connectivity index (χ1v) is 9.05. The summed E-state index contributed by atoms with van der Waals surface area (Å²) in [5, 5.41) is 5.68. The average Bonchev–Trinajstić information content (AvgIpc) is 2.69. The largest absolute Gasteiger partial charge is 0.424 e. The third kappa shape index (κ3) is 5.42. The molecule has 0 saturated carbocycles. The third-order valence-electron chi connectivity index (χ3n) is 4.54. The van der Waals surface area contributed by atoms with E-state index < -0.39 is 0 Å². The van der Waals surface area contributed by atoms with Crippen LogP contribution in [0.3, 0.4) is 0 Å². The molecule has 7 heteroatoms. The summed E-state index contributed by atoms with van der Waals surface area (Å²) in [7, 11) is 0. The molecular weight excluding hydrogens is 330 g/mol. The van der Waals surface area contributed by atoms with Crippen molar-refractivity contribution in [1.29, 1.82) is 0 Å². The number of hydrogen-bond acceptors (Lipinski definition) is 5. The Bertz CT molecular complexity index is 685. The Morgan fingerprint density at radius 2 is 1.88 bits per heavy atom. The lowest BCUT2D eigenvalue weighted by atomic mass is 9.97. The van der Waals surface area contributed by atoms with Gasteiger partial charge in [0.1, 0.15) is 5.75 Å². The highest BCUT2D eigenvalue weighted by Gasteiger charge is 2.18. The van der Waals surface area contributed by atoms with Gasteiger partial charge in [-0.3, -0.25) is 0 Å². The molecule has 1 aromatic heterocycles. The zero-order valence-electron chi connectivity index (χ0n) is 15.0. The summed E-state index contributed by atoms with van der Waals surface area (Å²) in [6.07, 6.45) is 5.32. The molecule has 1 aliphatic heterocycles. The second-order valence-electron chi connectivity index (χ2n) is 6.38. The quantitative estimate of drug-likeness (QED) is 0.832. The van der Waals surface area contributed by atoms with Crippen molar-refractivity contribution >= 4 is 11.7 Å². The Balaban J connectivity index is 1.41. The molecular formula is C19H25N5O2. The molecule has 1 aromatic carbocycles.